The lowest BCUT2D eigenvalue weighted by Gasteiger charge is -2.36. The number of rotatable bonds is 4. The van der Waals surface area contributed by atoms with Crippen LogP contribution < -0.4 is 5.32 Å². The van der Waals surface area contributed by atoms with Gasteiger partial charge in [-0.05, 0) is 32.6 Å². The van der Waals surface area contributed by atoms with E-state index >= 15 is 0 Å². The SMILES string of the molecule is CC(C)Cn1ccnc1NC1CCOC(C)(C)C1. The predicted molar refractivity (Wildman–Crippen MR) is 73.7 cm³/mol. The zero-order valence-corrected chi connectivity index (χ0v) is 11.9. The zero-order valence-electron chi connectivity index (χ0n) is 11.9. The van der Waals surface area contributed by atoms with Crippen molar-refractivity contribution in [3.63, 3.8) is 0 Å². The fourth-order valence-corrected chi connectivity index (χ4v) is 2.53. The van der Waals surface area contributed by atoms with E-state index in [0.29, 0.717) is 12.0 Å². The molecule has 1 atom stereocenters. The third kappa shape index (κ3) is 3.48. The molecule has 1 unspecified atom stereocenters. The van der Waals surface area contributed by atoms with Gasteiger partial charge in [0.05, 0.1) is 5.60 Å². The van der Waals surface area contributed by atoms with Crippen molar-refractivity contribution in [2.24, 2.45) is 5.92 Å². The molecule has 4 heteroatoms. The average molecular weight is 251 g/mol. The Morgan fingerprint density at radius 3 is 3.00 bits per heavy atom. The minimum atomic E-state index is -0.0224. The van der Waals surface area contributed by atoms with Crippen LogP contribution in [-0.4, -0.2) is 27.8 Å². The van der Waals surface area contributed by atoms with Gasteiger partial charge in [-0.3, -0.25) is 0 Å². The summed E-state index contributed by atoms with van der Waals surface area (Å²) < 4.78 is 7.94. The van der Waals surface area contributed by atoms with Gasteiger partial charge in [0.1, 0.15) is 0 Å². The maximum absolute atomic E-state index is 5.74. The summed E-state index contributed by atoms with van der Waals surface area (Å²) >= 11 is 0. The van der Waals surface area contributed by atoms with Crippen molar-refractivity contribution in [3.05, 3.63) is 12.4 Å². The number of hydrogen-bond donors (Lipinski definition) is 1. The number of anilines is 1. The highest BCUT2D eigenvalue weighted by molar-refractivity contribution is 5.28. The van der Waals surface area contributed by atoms with Crippen molar-refractivity contribution in [1.82, 2.24) is 9.55 Å². The lowest BCUT2D eigenvalue weighted by Crippen LogP contribution is -2.40. The second kappa shape index (κ2) is 5.31. The van der Waals surface area contributed by atoms with Crippen LogP contribution in [0.4, 0.5) is 5.95 Å². The fraction of sp³-hybridized carbons (Fsp3) is 0.786. The van der Waals surface area contributed by atoms with Gasteiger partial charge in [0.15, 0.2) is 0 Å². The van der Waals surface area contributed by atoms with E-state index in [1.165, 1.54) is 0 Å². The molecule has 1 aromatic rings. The van der Waals surface area contributed by atoms with E-state index in [9.17, 15) is 0 Å². The van der Waals surface area contributed by atoms with Gasteiger partial charge in [0.2, 0.25) is 5.95 Å². The standard InChI is InChI=1S/C14H25N3O/c1-11(2)10-17-7-6-15-13(17)16-12-5-8-18-14(3,4)9-12/h6-7,11-12H,5,8-10H2,1-4H3,(H,15,16). The Balaban J connectivity index is 1.98. The van der Waals surface area contributed by atoms with Crippen LogP contribution in [0.25, 0.3) is 0 Å². The molecule has 1 aliphatic rings. The molecule has 0 saturated carbocycles. The normalized spacial score (nSPS) is 23.3. The number of hydrogen-bond acceptors (Lipinski definition) is 3. The van der Waals surface area contributed by atoms with Crippen LogP contribution in [0.3, 0.4) is 0 Å². The molecule has 0 radical (unpaired) electrons. The van der Waals surface area contributed by atoms with Gasteiger partial charge >= 0.3 is 0 Å². The summed E-state index contributed by atoms with van der Waals surface area (Å²) in [5, 5.41) is 3.56. The molecular formula is C14H25N3O. The van der Waals surface area contributed by atoms with Gasteiger partial charge in [-0.1, -0.05) is 13.8 Å². The molecule has 0 amide bonds. The van der Waals surface area contributed by atoms with Crippen molar-refractivity contribution < 1.29 is 4.74 Å². The first kappa shape index (κ1) is 13.4. The molecule has 1 saturated heterocycles. The molecule has 2 heterocycles. The fourth-order valence-electron chi connectivity index (χ4n) is 2.53. The molecule has 1 aliphatic heterocycles. The molecule has 1 N–H and O–H groups in total. The third-order valence-corrected chi connectivity index (χ3v) is 3.31. The number of ether oxygens (including phenoxy) is 1. The van der Waals surface area contributed by atoms with Crippen molar-refractivity contribution in [3.8, 4) is 0 Å². The number of imidazole rings is 1. The van der Waals surface area contributed by atoms with Crippen LogP contribution in [-0.2, 0) is 11.3 Å². The second-order valence-electron chi connectivity index (χ2n) is 6.24. The summed E-state index contributed by atoms with van der Waals surface area (Å²) in [5.74, 6) is 1.62. The van der Waals surface area contributed by atoms with E-state index in [4.69, 9.17) is 4.74 Å². The Kier molecular flexibility index (Phi) is 3.95. The van der Waals surface area contributed by atoms with Gasteiger partial charge in [0.25, 0.3) is 0 Å². The minimum absolute atomic E-state index is 0.0224. The maximum atomic E-state index is 5.74. The van der Waals surface area contributed by atoms with Gasteiger partial charge in [0, 0.05) is 31.6 Å². The van der Waals surface area contributed by atoms with E-state index < -0.39 is 0 Å². The first-order valence-corrected chi connectivity index (χ1v) is 6.88. The Hall–Kier alpha value is -1.03. The molecule has 1 aromatic heterocycles. The van der Waals surface area contributed by atoms with Crippen molar-refractivity contribution in [1.29, 1.82) is 0 Å². The van der Waals surface area contributed by atoms with Gasteiger partial charge in [-0.2, -0.15) is 0 Å². The van der Waals surface area contributed by atoms with E-state index in [1.807, 2.05) is 12.4 Å². The molecule has 0 spiro atoms. The molecule has 18 heavy (non-hydrogen) atoms. The summed E-state index contributed by atoms with van der Waals surface area (Å²) in [7, 11) is 0. The van der Waals surface area contributed by atoms with Crippen LogP contribution >= 0.6 is 0 Å². The molecule has 102 valence electrons. The second-order valence-corrected chi connectivity index (χ2v) is 6.24. The van der Waals surface area contributed by atoms with Crippen molar-refractivity contribution in [2.75, 3.05) is 11.9 Å². The smallest absolute Gasteiger partial charge is 0.202 e. The van der Waals surface area contributed by atoms with E-state index in [-0.39, 0.29) is 5.60 Å². The monoisotopic (exact) mass is 251 g/mol. The third-order valence-electron chi connectivity index (χ3n) is 3.31. The Morgan fingerprint density at radius 2 is 2.33 bits per heavy atom. The highest BCUT2D eigenvalue weighted by Gasteiger charge is 2.29. The predicted octanol–water partition coefficient (Wildman–Crippen LogP) is 2.91. The minimum Gasteiger partial charge on any atom is -0.375 e. The lowest BCUT2D eigenvalue weighted by molar-refractivity contribution is -0.0554. The molecule has 1 fully saturated rings. The van der Waals surface area contributed by atoms with Crippen molar-refractivity contribution in [2.45, 2.75) is 58.7 Å². The van der Waals surface area contributed by atoms with Crippen LogP contribution in [0.15, 0.2) is 12.4 Å². The molecule has 0 aliphatic carbocycles. The van der Waals surface area contributed by atoms with Crippen LogP contribution in [0.2, 0.25) is 0 Å². The van der Waals surface area contributed by atoms with E-state index in [0.717, 1.165) is 31.9 Å². The molecule has 2 rings (SSSR count). The first-order chi connectivity index (χ1) is 8.46. The largest absolute Gasteiger partial charge is 0.375 e. The van der Waals surface area contributed by atoms with Crippen LogP contribution in [0.5, 0.6) is 0 Å². The Morgan fingerprint density at radius 1 is 1.56 bits per heavy atom. The van der Waals surface area contributed by atoms with E-state index in [1.54, 1.807) is 0 Å². The van der Waals surface area contributed by atoms with Gasteiger partial charge < -0.3 is 14.6 Å². The van der Waals surface area contributed by atoms with Gasteiger partial charge in [-0.15, -0.1) is 0 Å². The Labute approximate surface area is 110 Å². The summed E-state index contributed by atoms with van der Waals surface area (Å²) in [6, 6.07) is 0.460. The van der Waals surface area contributed by atoms with Crippen LogP contribution in [0.1, 0.15) is 40.5 Å². The highest BCUT2D eigenvalue weighted by atomic mass is 16.5. The first-order valence-electron chi connectivity index (χ1n) is 6.88. The molecule has 4 nitrogen and oxygen atoms in total. The number of nitrogens with zero attached hydrogens (tertiary/aromatic N) is 2. The quantitative estimate of drug-likeness (QED) is 0.894. The average Bonchev–Trinajstić information content (AvgIpc) is 2.63. The van der Waals surface area contributed by atoms with Gasteiger partial charge in [-0.25, -0.2) is 4.98 Å². The Bertz CT molecular complexity index is 384. The summed E-state index contributed by atoms with van der Waals surface area (Å²) in [6.07, 6.45) is 6.00. The van der Waals surface area contributed by atoms with Crippen LogP contribution in [0, 0.1) is 5.92 Å². The molecular weight excluding hydrogens is 226 g/mol. The van der Waals surface area contributed by atoms with E-state index in [2.05, 4.69) is 42.6 Å². The maximum Gasteiger partial charge on any atom is 0.202 e. The number of nitrogens with one attached hydrogen (secondary N) is 1. The summed E-state index contributed by atoms with van der Waals surface area (Å²) in [6.45, 7) is 10.6. The molecule has 0 aromatic carbocycles. The summed E-state index contributed by atoms with van der Waals surface area (Å²) in [4.78, 5) is 4.42. The summed E-state index contributed by atoms with van der Waals surface area (Å²) in [5.41, 5.74) is -0.0224. The molecule has 0 bridgehead atoms. The lowest BCUT2D eigenvalue weighted by atomic mass is 9.94. The van der Waals surface area contributed by atoms with Crippen molar-refractivity contribution >= 4 is 5.95 Å². The highest BCUT2D eigenvalue weighted by Crippen LogP contribution is 2.26. The zero-order chi connectivity index (χ0) is 13.2. The number of aromatic nitrogens is 2. The topological polar surface area (TPSA) is 39.1 Å².